The fourth-order valence-corrected chi connectivity index (χ4v) is 1.58. The molecule has 0 amide bonds. The summed E-state index contributed by atoms with van der Waals surface area (Å²) in [5, 5.41) is 8.73. The van der Waals surface area contributed by atoms with Gasteiger partial charge in [-0.3, -0.25) is 0 Å². The van der Waals surface area contributed by atoms with Crippen LogP contribution < -0.4 is 9.47 Å². The van der Waals surface area contributed by atoms with Gasteiger partial charge in [-0.15, -0.1) is 0 Å². The first-order valence-corrected chi connectivity index (χ1v) is 4.77. The van der Waals surface area contributed by atoms with Gasteiger partial charge in [0.2, 0.25) is 0 Å². The van der Waals surface area contributed by atoms with Gasteiger partial charge in [-0.05, 0) is 17.7 Å². The van der Waals surface area contributed by atoms with Crippen molar-refractivity contribution < 1.29 is 24.1 Å². The van der Waals surface area contributed by atoms with Crippen LogP contribution in [0.5, 0.6) is 11.5 Å². The predicted octanol–water partition coefficient (Wildman–Crippen LogP) is 1.23. The van der Waals surface area contributed by atoms with Crippen molar-refractivity contribution in [3.8, 4) is 11.5 Å². The first kappa shape index (κ1) is 10.8. The van der Waals surface area contributed by atoms with Crippen LogP contribution in [0.15, 0.2) is 18.2 Å². The molecule has 0 saturated carbocycles. The number of carbonyl (C=O) groups is 1. The van der Waals surface area contributed by atoms with Crippen molar-refractivity contribution >= 4 is 5.97 Å². The molecule has 0 aliphatic carbocycles. The van der Waals surface area contributed by atoms with Gasteiger partial charge in [0.15, 0.2) is 17.6 Å². The predicted molar refractivity (Wildman–Crippen MR) is 54.8 cm³/mol. The van der Waals surface area contributed by atoms with Crippen LogP contribution >= 0.6 is 0 Å². The van der Waals surface area contributed by atoms with E-state index in [4.69, 9.17) is 19.3 Å². The minimum absolute atomic E-state index is 0.377. The lowest BCUT2D eigenvalue weighted by Crippen LogP contribution is -2.05. The van der Waals surface area contributed by atoms with Gasteiger partial charge in [0.1, 0.15) is 6.10 Å². The van der Waals surface area contributed by atoms with E-state index in [-0.39, 0.29) is 6.10 Å². The Kier molecular flexibility index (Phi) is 2.70. The number of methoxy groups -OCH3 is 2. The fraction of sp³-hybridized carbons (Fsp3) is 0.364. The van der Waals surface area contributed by atoms with Crippen LogP contribution in [0, 0.1) is 0 Å². The van der Waals surface area contributed by atoms with E-state index in [1.807, 2.05) is 0 Å². The lowest BCUT2D eigenvalue weighted by atomic mass is 10.1. The van der Waals surface area contributed by atoms with Gasteiger partial charge in [0.25, 0.3) is 0 Å². The summed E-state index contributed by atoms with van der Waals surface area (Å²) in [5.74, 6) is 0.234. The van der Waals surface area contributed by atoms with Crippen molar-refractivity contribution in [2.45, 2.75) is 12.2 Å². The van der Waals surface area contributed by atoms with Crippen LogP contribution in [0.4, 0.5) is 0 Å². The number of hydrogen-bond acceptors (Lipinski definition) is 4. The number of epoxide rings is 1. The van der Waals surface area contributed by atoms with E-state index in [0.29, 0.717) is 11.5 Å². The minimum Gasteiger partial charge on any atom is -0.493 e. The number of carboxylic acid groups (broad SMARTS) is 1. The summed E-state index contributed by atoms with van der Waals surface area (Å²) in [6.45, 7) is 0. The number of benzene rings is 1. The van der Waals surface area contributed by atoms with Crippen molar-refractivity contribution in [3.05, 3.63) is 23.8 Å². The third-order valence-corrected chi connectivity index (χ3v) is 2.47. The topological polar surface area (TPSA) is 68.3 Å². The van der Waals surface area contributed by atoms with Gasteiger partial charge in [-0.25, -0.2) is 4.79 Å². The number of hydrogen-bond donors (Lipinski definition) is 1. The van der Waals surface area contributed by atoms with Gasteiger partial charge in [-0.2, -0.15) is 0 Å². The monoisotopic (exact) mass is 224 g/mol. The SMILES string of the molecule is COc1ccc([C@H]2O[C@H]2C(=O)O)cc1OC. The largest absolute Gasteiger partial charge is 0.493 e. The van der Waals surface area contributed by atoms with E-state index < -0.39 is 12.1 Å². The van der Waals surface area contributed by atoms with Gasteiger partial charge in [0, 0.05) is 0 Å². The molecular weight excluding hydrogens is 212 g/mol. The summed E-state index contributed by atoms with van der Waals surface area (Å²) in [6.07, 6.45) is -1.12. The zero-order valence-corrected chi connectivity index (χ0v) is 8.97. The van der Waals surface area contributed by atoms with E-state index in [2.05, 4.69) is 0 Å². The molecule has 1 saturated heterocycles. The van der Waals surface area contributed by atoms with Gasteiger partial charge < -0.3 is 19.3 Å². The molecule has 1 aliphatic heterocycles. The highest BCUT2D eigenvalue weighted by Gasteiger charge is 2.46. The molecule has 16 heavy (non-hydrogen) atoms. The van der Waals surface area contributed by atoms with Crippen LogP contribution in [-0.2, 0) is 9.53 Å². The molecule has 86 valence electrons. The number of aliphatic carboxylic acids is 1. The van der Waals surface area contributed by atoms with Crippen molar-refractivity contribution in [1.29, 1.82) is 0 Å². The van der Waals surface area contributed by atoms with Crippen LogP contribution in [-0.4, -0.2) is 31.4 Å². The lowest BCUT2D eigenvalue weighted by molar-refractivity contribution is -0.138. The molecule has 2 rings (SSSR count). The Morgan fingerprint density at radius 3 is 2.50 bits per heavy atom. The maximum Gasteiger partial charge on any atom is 0.335 e. The quantitative estimate of drug-likeness (QED) is 0.779. The Morgan fingerprint density at radius 1 is 1.31 bits per heavy atom. The maximum atomic E-state index is 10.6. The Bertz CT molecular complexity index is 415. The highest BCUT2D eigenvalue weighted by Crippen LogP contribution is 2.41. The van der Waals surface area contributed by atoms with Crippen molar-refractivity contribution in [1.82, 2.24) is 0 Å². The van der Waals surface area contributed by atoms with Crippen molar-refractivity contribution in [2.24, 2.45) is 0 Å². The van der Waals surface area contributed by atoms with Crippen molar-refractivity contribution in [3.63, 3.8) is 0 Å². The molecular formula is C11H12O5. The summed E-state index contributed by atoms with van der Waals surface area (Å²) in [6, 6.07) is 5.23. The average Bonchev–Trinajstić information content (AvgIpc) is 3.08. The second-order valence-corrected chi connectivity index (χ2v) is 3.43. The standard InChI is InChI=1S/C11H12O5/c1-14-7-4-3-6(5-8(7)15-2)9-10(16-9)11(12)13/h3-5,9-10H,1-2H3,(H,12,13)/t9-,10-/m1/s1. The molecule has 1 fully saturated rings. The molecule has 0 aromatic heterocycles. The Morgan fingerprint density at radius 2 is 2.00 bits per heavy atom. The van der Waals surface area contributed by atoms with E-state index in [0.717, 1.165) is 5.56 Å². The molecule has 0 spiro atoms. The third-order valence-electron chi connectivity index (χ3n) is 2.47. The van der Waals surface area contributed by atoms with E-state index in [9.17, 15) is 4.79 Å². The molecule has 0 radical (unpaired) electrons. The molecule has 2 atom stereocenters. The van der Waals surface area contributed by atoms with E-state index in [1.165, 1.54) is 7.11 Å². The second kappa shape index (κ2) is 4.02. The zero-order chi connectivity index (χ0) is 11.7. The summed E-state index contributed by atoms with van der Waals surface area (Å²) < 4.78 is 15.2. The number of ether oxygens (including phenoxy) is 3. The minimum atomic E-state index is -0.945. The highest BCUT2D eigenvalue weighted by molar-refractivity contribution is 5.76. The molecule has 0 unspecified atom stereocenters. The Hall–Kier alpha value is -1.75. The van der Waals surface area contributed by atoms with Gasteiger partial charge >= 0.3 is 5.97 Å². The van der Waals surface area contributed by atoms with Gasteiger partial charge in [-0.1, -0.05) is 6.07 Å². The Labute approximate surface area is 92.5 Å². The summed E-state index contributed by atoms with van der Waals surface area (Å²) in [7, 11) is 3.08. The third kappa shape index (κ3) is 1.81. The highest BCUT2D eigenvalue weighted by atomic mass is 16.6. The zero-order valence-electron chi connectivity index (χ0n) is 8.97. The second-order valence-electron chi connectivity index (χ2n) is 3.43. The molecule has 1 heterocycles. The lowest BCUT2D eigenvalue weighted by Gasteiger charge is -2.08. The fourth-order valence-electron chi connectivity index (χ4n) is 1.58. The summed E-state index contributed by atoms with van der Waals surface area (Å²) in [5.41, 5.74) is 0.782. The first-order chi connectivity index (χ1) is 7.67. The van der Waals surface area contributed by atoms with E-state index in [1.54, 1.807) is 25.3 Å². The van der Waals surface area contributed by atoms with Crippen LogP contribution in [0.3, 0.4) is 0 Å². The van der Waals surface area contributed by atoms with Crippen LogP contribution in [0.1, 0.15) is 11.7 Å². The maximum absolute atomic E-state index is 10.6. The number of rotatable bonds is 4. The normalized spacial score (nSPS) is 22.6. The average molecular weight is 224 g/mol. The van der Waals surface area contributed by atoms with Crippen LogP contribution in [0.25, 0.3) is 0 Å². The molecule has 1 aromatic rings. The first-order valence-electron chi connectivity index (χ1n) is 4.77. The van der Waals surface area contributed by atoms with Gasteiger partial charge in [0.05, 0.1) is 14.2 Å². The molecule has 5 nitrogen and oxygen atoms in total. The summed E-state index contributed by atoms with van der Waals surface area (Å²) in [4.78, 5) is 10.6. The molecule has 0 bridgehead atoms. The molecule has 1 aliphatic rings. The van der Waals surface area contributed by atoms with Crippen LogP contribution in [0.2, 0.25) is 0 Å². The Balaban J connectivity index is 2.21. The molecule has 5 heteroatoms. The summed E-state index contributed by atoms with van der Waals surface area (Å²) >= 11 is 0. The van der Waals surface area contributed by atoms with Crippen molar-refractivity contribution in [2.75, 3.05) is 14.2 Å². The molecule has 1 aromatic carbocycles. The van der Waals surface area contributed by atoms with E-state index >= 15 is 0 Å². The smallest absolute Gasteiger partial charge is 0.335 e. The number of carboxylic acids is 1. The molecule has 1 N–H and O–H groups in total.